The molecule has 856 valence electrons. The third-order valence-electron chi connectivity index (χ3n) is 14.9. The zero-order valence-electron chi connectivity index (χ0n) is 61.1. The topological polar surface area (TPSA) is 177 Å². The van der Waals surface area contributed by atoms with E-state index < -0.39 is 283 Å². The third kappa shape index (κ3) is 22.0. The summed E-state index contributed by atoms with van der Waals surface area (Å²) in [5.74, 6) is -141. The number of rotatable bonds is 39. The highest BCUT2D eigenvalue weighted by atomic mass is 19.5. The molecule has 0 aliphatic heterocycles. The molecule has 144 heavy (non-hydrogen) atoms. The van der Waals surface area contributed by atoms with Crippen molar-refractivity contribution in [2.75, 3.05) is 5.73 Å². The molecule has 0 aromatic heterocycles. The zero-order chi connectivity index (χ0) is 118. The molecule has 1 aromatic carbocycles. The second-order valence-electron chi connectivity index (χ2n) is 25.1. The van der Waals surface area contributed by atoms with Crippen LogP contribution in [0.3, 0.4) is 0 Å². The van der Waals surface area contributed by atoms with E-state index in [4.69, 9.17) is 0 Å². The molecule has 0 aliphatic carbocycles. The molecule has 15 nitrogen and oxygen atoms in total. The molecular formula is C46H6BF82NO14. The lowest BCUT2D eigenvalue weighted by Crippen LogP contribution is -2.73. The van der Waals surface area contributed by atoms with Gasteiger partial charge >= 0.3 is 249 Å². The van der Waals surface area contributed by atoms with Crippen molar-refractivity contribution in [3.8, 4) is 0 Å². The van der Waals surface area contributed by atoms with Gasteiger partial charge in [0.15, 0.2) is 0 Å². The molecule has 0 radical (unpaired) electrons. The summed E-state index contributed by atoms with van der Waals surface area (Å²) in [5, 5.41) is 18.5. The van der Waals surface area contributed by atoms with Gasteiger partial charge in [0.25, 0.3) is 0 Å². The van der Waals surface area contributed by atoms with Gasteiger partial charge in [-0.15, -0.1) is 0 Å². The minimum absolute atomic E-state index is 0.346. The summed E-state index contributed by atoms with van der Waals surface area (Å²) in [7, 11) is -4.91. The van der Waals surface area contributed by atoms with Crippen LogP contribution in [0.4, 0.5) is 366 Å². The summed E-state index contributed by atoms with van der Waals surface area (Å²) in [6, 6.07) is -4.92. The molecule has 0 saturated heterocycles. The summed E-state index contributed by atoms with van der Waals surface area (Å²) < 4.78 is 1180. The maximum atomic E-state index is 16.8. The van der Waals surface area contributed by atoms with E-state index in [2.05, 4.69) is 5.73 Å². The van der Waals surface area contributed by atoms with E-state index in [1.807, 2.05) is 0 Å². The highest BCUT2D eigenvalue weighted by molar-refractivity contribution is 6.58. The van der Waals surface area contributed by atoms with Crippen LogP contribution >= 0.6 is 0 Å². The Bertz CT molecular complexity index is 4600. The number of hydrogen-bond acceptors (Lipinski definition) is 15. The van der Waals surface area contributed by atoms with Crippen LogP contribution in [0, 0.1) is 0 Å². The second-order valence-corrected chi connectivity index (χ2v) is 25.1. The molecule has 12 atom stereocenters. The molecule has 0 heterocycles. The number of ether oxygens (including phenoxy) is 12. The molecule has 0 fully saturated rings. The first-order valence-electron chi connectivity index (χ1n) is 30.1. The molecule has 0 saturated carbocycles. The molecule has 1 aromatic rings. The fourth-order valence-electron chi connectivity index (χ4n) is 8.02. The number of hydrogen-bond donors (Lipinski definition) is 3. The van der Waals surface area contributed by atoms with E-state index in [9.17, 15) is 273 Å². The van der Waals surface area contributed by atoms with Crippen molar-refractivity contribution in [3.05, 3.63) is 23.3 Å². The van der Waals surface area contributed by atoms with Crippen LogP contribution in [-0.4, -0.2) is 247 Å². The van der Waals surface area contributed by atoms with Gasteiger partial charge in [-0.1, -0.05) is 6.07 Å². The Balaban J connectivity index is 4.99. The van der Waals surface area contributed by atoms with Crippen LogP contribution < -0.4 is 11.2 Å². The summed E-state index contributed by atoms with van der Waals surface area (Å²) in [5.41, 5.74) is -15.7. The van der Waals surface area contributed by atoms with Gasteiger partial charge in [-0.3, -0.25) is 56.8 Å². The van der Waals surface area contributed by atoms with Gasteiger partial charge in [0.2, 0.25) is 0 Å². The van der Waals surface area contributed by atoms with Gasteiger partial charge in [-0.2, -0.15) is 360 Å². The van der Waals surface area contributed by atoms with Gasteiger partial charge in [-0.05, 0) is 11.5 Å². The molecule has 0 spiro atoms. The number of halogens is 82. The lowest BCUT2D eigenvalue weighted by atomic mass is 9.76. The largest absolute Gasteiger partial charge is 0.488 e. The molecule has 98 heteroatoms. The van der Waals surface area contributed by atoms with Crippen molar-refractivity contribution in [1.82, 2.24) is 0 Å². The van der Waals surface area contributed by atoms with E-state index in [0.717, 1.165) is 9.47 Å². The highest BCUT2D eigenvalue weighted by Crippen LogP contribution is 2.70. The Kier molecular flexibility index (Phi) is 33.7. The highest BCUT2D eigenvalue weighted by Gasteiger charge is 2.97. The number of alkyl halides is 82. The Morgan fingerprint density at radius 1 is 0.160 bits per heavy atom. The van der Waals surface area contributed by atoms with Crippen LogP contribution in [0.2, 0.25) is 0 Å². The maximum Gasteiger partial charge on any atom is 0.488 e. The Morgan fingerprint density at radius 2 is 0.285 bits per heavy atom. The van der Waals surface area contributed by atoms with Crippen molar-refractivity contribution < 1.29 is 427 Å². The average molecular weight is 2370 g/mol. The average Bonchev–Trinajstić information content (AvgIpc) is 0.701. The summed E-state index contributed by atoms with van der Waals surface area (Å²) in [6.45, 7) is 0. The van der Waals surface area contributed by atoms with Gasteiger partial charge in [0, 0.05) is 11.3 Å². The van der Waals surface area contributed by atoms with Crippen LogP contribution in [0.25, 0.3) is 0 Å². The molecule has 0 aliphatic rings. The predicted octanol–water partition coefficient (Wildman–Crippen LogP) is 24.3. The zero-order valence-corrected chi connectivity index (χ0v) is 61.1. The summed E-state index contributed by atoms with van der Waals surface area (Å²) in [4.78, 5) is 0. The maximum absolute atomic E-state index is 16.8. The third-order valence-corrected chi connectivity index (χ3v) is 14.9. The van der Waals surface area contributed by atoms with E-state index >= 15 is 96.6 Å². The van der Waals surface area contributed by atoms with E-state index in [0.29, 0.717) is 47.4 Å². The predicted molar refractivity (Wildman–Crippen MR) is 252 cm³/mol. The second kappa shape index (κ2) is 36.0. The number of nitrogen functional groups attached to an aromatic ring is 1. The van der Waals surface area contributed by atoms with E-state index in [-0.39, 0.29) is 0 Å². The standard InChI is InChI=1S/C46H6BF82NO14/c48-7(21(64,65)66,133-37(110,111)11(54,25(76,77)78)137-41(118,119)15(58,29(88,89)90)141-45(126,127)19(62,33(100,101)102)143-43(122,123)17(60,31(94,95)96)139-39(114,115)13(56,27(82,83)84)135-35(106,107)9(50,51)23(70,71)72)4-1-3(47(131)132)2-5(130)6(4)8(49,22(67,68)69)134-38(112,113)12(55,26(79,80)81)138-42(120,121)16(59,30(91,92)93)142-46(128,129)20(63,34(103,104)105)144-44(124,125)18(61,32(97,98)99)140-40(116,117)14(57,28(85,86)87)136-36(108,109)10(52,53)24(73,74)75/h1-2,131-132H,130H2. The van der Waals surface area contributed by atoms with Gasteiger partial charge in [0.1, 0.15) is 0 Å². The Labute approximate surface area is 717 Å². The SMILES string of the molecule is Nc1cc(B(O)O)cc(C(F)(OC(F)(F)C(F)(OC(F)(F)C(F)(OC(F)(F)C(F)(OC(F)(F)C(F)(OC(F)(F)C(F)(OC(F)(F)C(F)(F)C(F)(F)F)C(F)(F)F)C(F)(F)F)C(F)(F)F)C(F)(F)F)C(F)(F)F)C(F)(F)F)c1C(F)(OC(F)(F)C(F)(OC(F)(F)C(F)(OC(F)(F)C(F)(OC(F)(F)C(F)(OC(F)(F)C(F)(OC(F)(F)C(F)(F)C(F)(F)F)C(F)(F)F)C(F)(F)F)C(F)(F)F)C(F)(F)F)C(F)(F)F)C(F)(F)F. The molecule has 0 amide bonds. The van der Waals surface area contributed by atoms with Crippen molar-refractivity contribution >= 4 is 18.3 Å². The molecule has 1 rings (SSSR count). The number of nitrogens with two attached hydrogens (primary N) is 1. The molecular weight excluding hydrogens is 2360 g/mol. The molecule has 0 bridgehead atoms. The van der Waals surface area contributed by atoms with E-state index in [1.165, 1.54) is 0 Å². The van der Waals surface area contributed by atoms with Crippen LogP contribution in [-0.2, 0) is 68.6 Å². The van der Waals surface area contributed by atoms with Gasteiger partial charge < -0.3 is 15.8 Å². The van der Waals surface area contributed by atoms with Crippen molar-refractivity contribution in [2.24, 2.45) is 0 Å². The minimum atomic E-state index is -10.7. The normalized spacial score (nSPS) is 20.8. The van der Waals surface area contributed by atoms with Crippen molar-refractivity contribution in [3.63, 3.8) is 0 Å². The summed E-state index contributed by atoms with van der Waals surface area (Å²) >= 11 is 0. The smallest absolute Gasteiger partial charge is 0.423 e. The van der Waals surface area contributed by atoms with Crippen LogP contribution in [0.1, 0.15) is 11.1 Å². The fourth-order valence-corrected chi connectivity index (χ4v) is 8.02. The quantitative estimate of drug-likeness (QED) is 0.0322. The van der Waals surface area contributed by atoms with Crippen LogP contribution in [0.5, 0.6) is 0 Å². The number of benzene rings is 1. The first kappa shape index (κ1) is 135. The van der Waals surface area contributed by atoms with Gasteiger partial charge in [0.05, 0.1) is 5.56 Å². The fraction of sp³-hybridized carbons (Fsp3) is 0.870. The molecule has 12 unspecified atom stereocenters. The lowest BCUT2D eigenvalue weighted by Gasteiger charge is -2.45. The Morgan fingerprint density at radius 3 is 0.403 bits per heavy atom. The van der Waals surface area contributed by atoms with Gasteiger partial charge in [-0.25, -0.2) is 0 Å². The lowest BCUT2D eigenvalue weighted by molar-refractivity contribution is -0.605. The first-order chi connectivity index (χ1) is 60.9. The molecule has 4 N–H and O–H groups in total. The Hall–Kier alpha value is -7.22. The first-order valence-corrected chi connectivity index (χ1v) is 30.1. The van der Waals surface area contributed by atoms with Crippen LogP contribution in [0.15, 0.2) is 12.1 Å². The van der Waals surface area contributed by atoms with Crippen molar-refractivity contribution in [2.45, 2.75) is 242 Å². The van der Waals surface area contributed by atoms with Crippen molar-refractivity contribution in [1.29, 1.82) is 0 Å². The number of anilines is 1. The van der Waals surface area contributed by atoms with E-state index in [1.54, 1.807) is 0 Å². The minimum Gasteiger partial charge on any atom is -0.423 e. The monoisotopic (exact) mass is 2360 g/mol. The summed E-state index contributed by atoms with van der Waals surface area (Å²) in [6.07, 6.45) is -258.